The van der Waals surface area contributed by atoms with Crippen molar-refractivity contribution >= 4 is 40.1 Å². The van der Waals surface area contributed by atoms with Gasteiger partial charge < -0.3 is 30.5 Å². The Morgan fingerprint density at radius 3 is 1.21 bits per heavy atom. The van der Waals surface area contributed by atoms with Crippen LogP contribution in [0.5, 0.6) is 11.5 Å². The molecule has 2 saturated heterocycles. The number of halogens is 1. The normalized spacial score (nSPS) is 24.0. The second kappa shape index (κ2) is 21.9. The number of rotatable bonds is 12. The zero-order chi connectivity index (χ0) is 47.8. The van der Waals surface area contributed by atoms with Crippen molar-refractivity contribution in [3.63, 3.8) is 0 Å². The van der Waals surface area contributed by atoms with Crippen LogP contribution in [-0.2, 0) is 12.8 Å². The molecule has 4 fully saturated rings. The Morgan fingerprint density at radius 2 is 0.838 bits per heavy atom. The maximum Gasteiger partial charge on any atom is 0.488 e. The fourth-order valence-corrected chi connectivity index (χ4v) is 11.3. The summed E-state index contributed by atoms with van der Waals surface area (Å²) in [6.45, 7) is 4.53. The summed E-state index contributed by atoms with van der Waals surface area (Å²) in [5, 5.41) is 57.6. The molecule has 2 heterocycles. The minimum absolute atomic E-state index is 0.115. The number of likely N-dealkylation sites (tertiary alicyclic amines) is 2. The molecule has 68 heavy (non-hydrogen) atoms. The maximum atomic E-state index is 12.9. The first-order chi connectivity index (χ1) is 32.7. The lowest BCUT2D eigenvalue weighted by molar-refractivity contribution is 0.0349. The number of hydrogen-bond donors (Lipinski definition) is 6. The standard InChI is InChI=1S/C28H29NO3.C22H24BrNO2.C6H7BO3/c30-26-12-10-22(11-13-26)21-6-8-23(9-7-21)27(31)19-29-17-24-15-28(32,16-25(24)18-29)14-20-4-2-1-3-5-20;23-20-8-6-17(7-9-20)21(25)15-24-13-18-11-22(26,12-19(18)14-24)10-16-4-2-1-3-5-16;8-6-3-1-5(2-4-6)7(9)10/h1-13,24-25,30,32H,14-19H2;1-9,18-19,26H,10-15H2;1-4,8-10H/t24-,25+,28?;18-,19+,22?;. The molecule has 2 aliphatic heterocycles. The summed E-state index contributed by atoms with van der Waals surface area (Å²) >= 11 is 3.40. The van der Waals surface area contributed by atoms with Gasteiger partial charge in [-0.25, -0.2) is 0 Å². The predicted octanol–water partition coefficient (Wildman–Crippen LogP) is 7.58. The van der Waals surface area contributed by atoms with Crippen LogP contribution in [0.2, 0.25) is 0 Å². The predicted molar refractivity (Wildman–Crippen MR) is 270 cm³/mol. The van der Waals surface area contributed by atoms with E-state index in [2.05, 4.69) is 50.0 Å². The smallest absolute Gasteiger partial charge is 0.488 e. The lowest BCUT2D eigenvalue weighted by Gasteiger charge is -2.26. The van der Waals surface area contributed by atoms with Crippen LogP contribution in [0.3, 0.4) is 0 Å². The van der Waals surface area contributed by atoms with Gasteiger partial charge in [0.1, 0.15) is 11.5 Å². The Bertz CT molecular complexity index is 2550. The summed E-state index contributed by atoms with van der Waals surface area (Å²) in [7, 11) is -1.46. The molecule has 6 aromatic rings. The van der Waals surface area contributed by atoms with Gasteiger partial charge in [0.15, 0.2) is 11.6 Å². The van der Waals surface area contributed by atoms with E-state index in [9.17, 15) is 24.9 Å². The molecule has 352 valence electrons. The number of hydrogen-bond acceptors (Lipinski definition) is 10. The average molecular weight is 980 g/mol. The number of nitrogens with zero attached hydrogens (tertiary/aromatic N) is 2. The molecule has 12 heteroatoms. The fourth-order valence-electron chi connectivity index (χ4n) is 11.0. The largest absolute Gasteiger partial charge is 0.508 e. The monoisotopic (exact) mass is 978 g/mol. The van der Waals surface area contributed by atoms with Crippen molar-refractivity contribution < 1.29 is 40.1 Å². The number of aromatic hydroxyl groups is 2. The Balaban J connectivity index is 0.000000155. The summed E-state index contributed by atoms with van der Waals surface area (Å²) in [5.41, 5.74) is 5.10. The minimum atomic E-state index is -1.46. The van der Waals surface area contributed by atoms with E-state index in [-0.39, 0.29) is 23.1 Å². The summed E-state index contributed by atoms with van der Waals surface area (Å²) in [6, 6.07) is 48.5. The zero-order valence-corrected chi connectivity index (χ0v) is 39.7. The summed E-state index contributed by atoms with van der Waals surface area (Å²) in [5.74, 6) is 2.61. The molecule has 0 radical (unpaired) electrons. The number of ketones is 2. The van der Waals surface area contributed by atoms with Gasteiger partial charge in [-0.1, -0.05) is 137 Å². The van der Waals surface area contributed by atoms with E-state index >= 15 is 0 Å². The number of phenolic OH excluding ortho intramolecular Hbond substituents is 2. The van der Waals surface area contributed by atoms with Crippen LogP contribution in [0, 0.1) is 23.7 Å². The average Bonchev–Trinajstić information content (AvgIpc) is 4.04. The van der Waals surface area contributed by atoms with E-state index in [0.717, 1.165) is 85.0 Å². The quantitative estimate of drug-likeness (QED) is 0.0533. The van der Waals surface area contributed by atoms with Crippen molar-refractivity contribution in [3.8, 4) is 22.6 Å². The van der Waals surface area contributed by atoms with Crippen molar-refractivity contribution in [2.45, 2.75) is 49.7 Å². The lowest BCUT2D eigenvalue weighted by Crippen LogP contribution is -2.34. The zero-order valence-electron chi connectivity index (χ0n) is 38.2. The van der Waals surface area contributed by atoms with Gasteiger partial charge in [-0.3, -0.25) is 19.4 Å². The highest BCUT2D eigenvalue weighted by Crippen LogP contribution is 2.46. The first-order valence-corrected chi connectivity index (χ1v) is 24.3. The van der Waals surface area contributed by atoms with Gasteiger partial charge in [-0.15, -0.1) is 0 Å². The highest BCUT2D eigenvalue weighted by molar-refractivity contribution is 9.10. The minimum Gasteiger partial charge on any atom is -0.508 e. The second-order valence-corrected chi connectivity index (χ2v) is 20.4. The molecule has 6 atom stereocenters. The molecule has 0 amide bonds. The van der Waals surface area contributed by atoms with Crippen LogP contribution in [0.15, 0.2) is 162 Å². The number of fused-ring (bicyclic) bond motifs is 2. The van der Waals surface area contributed by atoms with E-state index in [1.54, 1.807) is 12.1 Å². The summed E-state index contributed by atoms with van der Waals surface area (Å²) in [6.07, 6.45) is 4.77. The third-order valence-corrected chi connectivity index (χ3v) is 14.7. The SMILES string of the molecule is O=C(CN1C[C@@H]2CC(O)(Cc3ccccc3)C[C@@H]2C1)c1ccc(-c2ccc(O)cc2)cc1.O=C(CN1C[C@@H]2CC(O)(Cc3ccccc3)C[C@@H]2C1)c1ccc(Br)cc1.OB(O)c1ccc(O)cc1. The van der Waals surface area contributed by atoms with E-state index in [1.165, 1.54) is 35.4 Å². The molecule has 10 rings (SSSR count). The molecule has 2 aliphatic carbocycles. The van der Waals surface area contributed by atoms with Crippen LogP contribution in [0.4, 0.5) is 0 Å². The van der Waals surface area contributed by atoms with Gasteiger partial charge in [-0.2, -0.15) is 0 Å². The van der Waals surface area contributed by atoms with Crippen molar-refractivity contribution in [1.29, 1.82) is 0 Å². The molecular formula is C56H60BBrN2O8. The maximum absolute atomic E-state index is 12.9. The lowest BCUT2D eigenvalue weighted by atomic mass is 9.80. The highest BCUT2D eigenvalue weighted by atomic mass is 79.9. The molecule has 0 spiro atoms. The molecule has 0 aromatic heterocycles. The molecular weight excluding hydrogens is 919 g/mol. The highest BCUT2D eigenvalue weighted by Gasteiger charge is 2.49. The Labute approximate surface area is 407 Å². The van der Waals surface area contributed by atoms with Gasteiger partial charge in [0.05, 0.1) is 24.3 Å². The van der Waals surface area contributed by atoms with Gasteiger partial charge in [0.2, 0.25) is 0 Å². The summed E-state index contributed by atoms with van der Waals surface area (Å²) < 4.78 is 0.988. The molecule has 4 aliphatic rings. The molecule has 2 unspecified atom stereocenters. The van der Waals surface area contributed by atoms with Gasteiger partial charge >= 0.3 is 7.12 Å². The van der Waals surface area contributed by atoms with Crippen LogP contribution < -0.4 is 5.46 Å². The van der Waals surface area contributed by atoms with Crippen molar-refractivity contribution in [3.05, 3.63) is 184 Å². The Kier molecular flexibility index (Phi) is 15.8. The number of carbonyl (C=O) groups is 2. The molecule has 0 bridgehead atoms. The van der Waals surface area contributed by atoms with Gasteiger partial charge in [0, 0.05) is 54.6 Å². The molecule has 6 aromatic carbocycles. The van der Waals surface area contributed by atoms with Crippen molar-refractivity contribution in [2.24, 2.45) is 23.7 Å². The first kappa shape index (κ1) is 49.0. The third kappa shape index (κ3) is 13.0. The van der Waals surface area contributed by atoms with Gasteiger partial charge in [-0.05, 0) is 113 Å². The number of carbonyl (C=O) groups excluding carboxylic acids is 2. The third-order valence-electron chi connectivity index (χ3n) is 14.1. The number of phenols is 2. The number of benzene rings is 6. The molecule has 2 saturated carbocycles. The van der Waals surface area contributed by atoms with E-state index in [1.807, 2.05) is 97.1 Å². The van der Waals surface area contributed by atoms with Gasteiger partial charge in [0.25, 0.3) is 0 Å². The van der Waals surface area contributed by atoms with Crippen LogP contribution >= 0.6 is 15.9 Å². The Morgan fingerprint density at radius 1 is 0.500 bits per heavy atom. The van der Waals surface area contributed by atoms with Crippen LogP contribution in [0.25, 0.3) is 11.1 Å². The number of Topliss-reactive ketones (excluding diaryl/α,β-unsaturated/α-hetero) is 2. The van der Waals surface area contributed by atoms with E-state index in [0.29, 0.717) is 48.6 Å². The first-order valence-electron chi connectivity index (χ1n) is 23.5. The van der Waals surface area contributed by atoms with E-state index in [4.69, 9.17) is 15.2 Å². The second-order valence-electron chi connectivity index (χ2n) is 19.5. The van der Waals surface area contributed by atoms with Crippen LogP contribution in [-0.4, -0.2) is 109 Å². The fraction of sp³-hybridized carbons (Fsp3) is 0.321. The molecule has 6 N–H and O–H groups in total. The van der Waals surface area contributed by atoms with Crippen LogP contribution in [0.1, 0.15) is 57.5 Å². The van der Waals surface area contributed by atoms with Crippen molar-refractivity contribution in [2.75, 3.05) is 39.3 Å². The van der Waals surface area contributed by atoms with Crippen molar-refractivity contribution in [1.82, 2.24) is 9.80 Å². The Hall–Kier alpha value is -5.44. The summed E-state index contributed by atoms with van der Waals surface area (Å²) in [4.78, 5) is 29.9. The topological polar surface area (TPSA) is 162 Å². The van der Waals surface area contributed by atoms with E-state index < -0.39 is 18.3 Å². The molecule has 10 nitrogen and oxygen atoms in total. The number of aliphatic hydroxyl groups is 2.